The van der Waals surface area contributed by atoms with E-state index in [0.717, 1.165) is 0 Å². The van der Waals surface area contributed by atoms with Gasteiger partial charge in [-0.1, -0.05) is 19.0 Å². The molecular formula is C9H17N5O4S. The lowest BCUT2D eigenvalue weighted by molar-refractivity contribution is 0.0950. The molecule has 1 aromatic heterocycles. The van der Waals surface area contributed by atoms with Gasteiger partial charge in [0, 0.05) is 20.1 Å². The van der Waals surface area contributed by atoms with Crippen LogP contribution in [0.2, 0.25) is 0 Å². The second-order valence-corrected chi connectivity index (χ2v) is 5.26. The average molecular weight is 291 g/mol. The number of carbonyl (C=O) groups is 1. The number of nitrogens with zero attached hydrogens (tertiary/aromatic N) is 3. The number of aromatic nitrogens is 2. The zero-order valence-corrected chi connectivity index (χ0v) is 11.8. The molecule has 0 fully saturated rings. The molecule has 2 N–H and O–H groups in total. The summed E-state index contributed by atoms with van der Waals surface area (Å²) in [7, 11) is -2.15. The molecule has 9 nitrogen and oxygen atoms in total. The second-order valence-electron chi connectivity index (χ2n) is 3.50. The number of amides is 1. The highest BCUT2D eigenvalue weighted by atomic mass is 32.2. The molecule has 1 aromatic rings. The minimum atomic E-state index is -3.58. The third-order valence-electron chi connectivity index (χ3n) is 2.35. The van der Waals surface area contributed by atoms with Crippen molar-refractivity contribution in [2.45, 2.75) is 20.4 Å². The summed E-state index contributed by atoms with van der Waals surface area (Å²) in [4.78, 5) is 14.9. The second kappa shape index (κ2) is 6.59. The Balaban J connectivity index is 2.67. The van der Waals surface area contributed by atoms with Gasteiger partial charge in [0.25, 0.3) is 21.9 Å². The molecule has 19 heavy (non-hydrogen) atoms. The molecule has 0 aliphatic carbocycles. The van der Waals surface area contributed by atoms with E-state index in [9.17, 15) is 13.2 Å². The summed E-state index contributed by atoms with van der Waals surface area (Å²) in [6.45, 7) is 4.03. The van der Waals surface area contributed by atoms with E-state index in [0.29, 0.717) is 13.1 Å². The zero-order valence-electron chi connectivity index (χ0n) is 11.0. The maximum atomic E-state index is 11.8. The predicted octanol–water partition coefficient (Wildman–Crippen LogP) is -0.895. The molecule has 0 unspecified atom stereocenters. The Morgan fingerprint density at radius 1 is 1.37 bits per heavy atom. The third kappa shape index (κ3) is 3.98. The third-order valence-corrected chi connectivity index (χ3v) is 4.05. The lowest BCUT2D eigenvalue weighted by atomic mass is 10.5. The molecule has 0 radical (unpaired) electrons. The number of nitrogens with one attached hydrogen (secondary N) is 2. The monoisotopic (exact) mass is 291 g/mol. The summed E-state index contributed by atoms with van der Waals surface area (Å²) in [6.07, 6.45) is 0. The fourth-order valence-corrected chi connectivity index (χ4v) is 2.51. The topological polar surface area (TPSA) is 117 Å². The van der Waals surface area contributed by atoms with E-state index in [4.69, 9.17) is 4.52 Å². The van der Waals surface area contributed by atoms with E-state index in [1.807, 2.05) is 0 Å². The van der Waals surface area contributed by atoms with Crippen molar-refractivity contribution in [1.29, 1.82) is 0 Å². The highest BCUT2D eigenvalue weighted by Gasteiger charge is 2.20. The standard InChI is InChI=1S/C9H17N5O4S/c1-4-14(5-2)19(16,17)11-6-7-12-8(13-18-7)9(15)10-3/h11H,4-6H2,1-3H3,(H,10,15). The van der Waals surface area contributed by atoms with Gasteiger partial charge in [0.05, 0.1) is 6.54 Å². The quantitative estimate of drug-likeness (QED) is 0.672. The summed E-state index contributed by atoms with van der Waals surface area (Å²) in [5.41, 5.74) is 0. The lowest BCUT2D eigenvalue weighted by Gasteiger charge is -2.17. The van der Waals surface area contributed by atoms with Crippen LogP contribution in [0.1, 0.15) is 30.4 Å². The Hall–Kier alpha value is -1.52. The van der Waals surface area contributed by atoms with Crippen LogP contribution < -0.4 is 10.0 Å². The summed E-state index contributed by atoms with van der Waals surface area (Å²) < 4.78 is 32.0. The van der Waals surface area contributed by atoms with Crippen LogP contribution in [-0.4, -0.2) is 48.9 Å². The maximum Gasteiger partial charge on any atom is 0.292 e. The van der Waals surface area contributed by atoms with E-state index in [2.05, 4.69) is 20.2 Å². The number of hydrogen-bond acceptors (Lipinski definition) is 6. The molecule has 0 aromatic carbocycles. The Bertz CT molecular complexity index is 522. The summed E-state index contributed by atoms with van der Waals surface area (Å²) >= 11 is 0. The van der Waals surface area contributed by atoms with Crippen LogP contribution in [0, 0.1) is 0 Å². The number of rotatable bonds is 7. The summed E-state index contributed by atoms with van der Waals surface area (Å²) in [5, 5.41) is 5.76. The van der Waals surface area contributed by atoms with Crippen LogP contribution in [0.5, 0.6) is 0 Å². The molecule has 0 spiro atoms. The molecular weight excluding hydrogens is 274 g/mol. The van der Waals surface area contributed by atoms with Crippen molar-refractivity contribution in [3.63, 3.8) is 0 Å². The first-order valence-electron chi connectivity index (χ1n) is 5.74. The van der Waals surface area contributed by atoms with E-state index < -0.39 is 16.1 Å². The van der Waals surface area contributed by atoms with Gasteiger partial charge in [0.15, 0.2) is 0 Å². The maximum absolute atomic E-state index is 11.8. The van der Waals surface area contributed by atoms with Crippen molar-refractivity contribution >= 4 is 16.1 Å². The fraction of sp³-hybridized carbons (Fsp3) is 0.667. The molecule has 0 saturated carbocycles. The van der Waals surface area contributed by atoms with Crippen molar-refractivity contribution in [3.05, 3.63) is 11.7 Å². The van der Waals surface area contributed by atoms with Crippen LogP contribution in [0.25, 0.3) is 0 Å². The molecule has 1 rings (SSSR count). The Morgan fingerprint density at radius 2 is 2.00 bits per heavy atom. The van der Waals surface area contributed by atoms with E-state index in [-0.39, 0.29) is 18.3 Å². The van der Waals surface area contributed by atoms with Crippen molar-refractivity contribution in [2.75, 3.05) is 20.1 Å². The van der Waals surface area contributed by atoms with Crippen LogP contribution >= 0.6 is 0 Å². The normalized spacial score (nSPS) is 11.8. The van der Waals surface area contributed by atoms with Gasteiger partial charge >= 0.3 is 0 Å². The minimum absolute atomic E-state index is 0.0225. The zero-order chi connectivity index (χ0) is 14.5. The van der Waals surface area contributed by atoms with Gasteiger partial charge in [-0.2, -0.15) is 22.4 Å². The molecule has 1 heterocycles. The molecule has 0 aliphatic rings. The molecule has 0 saturated heterocycles. The van der Waals surface area contributed by atoms with E-state index in [1.165, 1.54) is 11.4 Å². The predicted molar refractivity (Wildman–Crippen MR) is 66.4 cm³/mol. The van der Waals surface area contributed by atoms with Crippen LogP contribution in [0.3, 0.4) is 0 Å². The van der Waals surface area contributed by atoms with Gasteiger partial charge in [0.1, 0.15) is 0 Å². The first-order chi connectivity index (χ1) is 8.94. The fourth-order valence-electron chi connectivity index (χ4n) is 1.34. The first-order valence-corrected chi connectivity index (χ1v) is 7.18. The van der Waals surface area contributed by atoms with Crippen LogP contribution in [-0.2, 0) is 16.8 Å². The highest BCUT2D eigenvalue weighted by molar-refractivity contribution is 7.87. The van der Waals surface area contributed by atoms with Crippen molar-refractivity contribution in [2.24, 2.45) is 0 Å². The minimum Gasteiger partial charge on any atom is -0.352 e. The Kier molecular flexibility index (Phi) is 5.39. The first kappa shape index (κ1) is 15.5. The number of hydrogen-bond donors (Lipinski definition) is 2. The van der Waals surface area contributed by atoms with Gasteiger partial charge in [-0.05, 0) is 0 Å². The summed E-state index contributed by atoms with van der Waals surface area (Å²) in [6, 6.07) is 0. The van der Waals surface area contributed by atoms with E-state index >= 15 is 0 Å². The van der Waals surface area contributed by atoms with Crippen LogP contribution in [0.4, 0.5) is 0 Å². The van der Waals surface area contributed by atoms with Gasteiger partial charge in [-0.3, -0.25) is 4.79 Å². The highest BCUT2D eigenvalue weighted by Crippen LogP contribution is 2.01. The smallest absolute Gasteiger partial charge is 0.292 e. The Morgan fingerprint density at radius 3 is 2.53 bits per heavy atom. The summed E-state index contributed by atoms with van der Waals surface area (Å²) in [5.74, 6) is -0.615. The van der Waals surface area contributed by atoms with Gasteiger partial charge in [0.2, 0.25) is 5.89 Å². The average Bonchev–Trinajstić information content (AvgIpc) is 2.85. The number of carbonyl (C=O) groups excluding carboxylic acids is 1. The molecule has 0 aliphatic heterocycles. The van der Waals surface area contributed by atoms with Crippen molar-refractivity contribution in [1.82, 2.24) is 24.5 Å². The molecule has 0 atom stereocenters. The van der Waals surface area contributed by atoms with E-state index in [1.54, 1.807) is 13.8 Å². The van der Waals surface area contributed by atoms with Crippen molar-refractivity contribution < 1.29 is 17.7 Å². The van der Waals surface area contributed by atoms with Crippen LogP contribution in [0.15, 0.2) is 4.52 Å². The molecule has 10 heteroatoms. The van der Waals surface area contributed by atoms with Gasteiger partial charge < -0.3 is 9.84 Å². The van der Waals surface area contributed by atoms with Crippen molar-refractivity contribution in [3.8, 4) is 0 Å². The van der Waals surface area contributed by atoms with Gasteiger partial charge in [-0.15, -0.1) is 0 Å². The SMILES string of the molecule is CCN(CC)S(=O)(=O)NCc1nc(C(=O)NC)no1. The van der Waals surface area contributed by atoms with Gasteiger partial charge in [-0.25, -0.2) is 0 Å². The largest absolute Gasteiger partial charge is 0.352 e. The molecule has 1 amide bonds. The molecule has 0 bridgehead atoms. The Labute approximate surface area is 111 Å². The lowest BCUT2D eigenvalue weighted by Crippen LogP contribution is -2.40. The molecule has 108 valence electrons.